The van der Waals surface area contributed by atoms with Gasteiger partial charge in [-0.15, -0.1) is 0 Å². The Labute approximate surface area is 119 Å². The van der Waals surface area contributed by atoms with Gasteiger partial charge in [0.2, 0.25) is 10.0 Å². The van der Waals surface area contributed by atoms with E-state index in [-0.39, 0.29) is 12.3 Å². The molecule has 0 atom stereocenters. The summed E-state index contributed by atoms with van der Waals surface area (Å²) in [7, 11) is -2.20. The molecule has 0 aliphatic heterocycles. The van der Waals surface area contributed by atoms with E-state index in [0.717, 1.165) is 0 Å². The molecule has 0 saturated heterocycles. The average Bonchev–Trinajstić information content (AvgIpc) is 2.37. The Hall–Kier alpha value is -1.44. The van der Waals surface area contributed by atoms with Crippen LogP contribution in [0.4, 0.5) is 0 Å². The lowest BCUT2D eigenvalue weighted by Crippen LogP contribution is -2.49. The zero-order valence-electron chi connectivity index (χ0n) is 11.8. The van der Waals surface area contributed by atoms with Gasteiger partial charge in [0.15, 0.2) is 0 Å². The Morgan fingerprint density at radius 1 is 1.30 bits per heavy atom. The number of sulfonamides is 1. The fourth-order valence-electron chi connectivity index (χ4n) is 1.57. The second-order valence-electron chi connectivity index (χ2n) is 5.14. The second kappa shape index (κ2) is 6.34. The van der Waals surface area contributed by atoms with Crippen LogP contribution in [0.25, 0.3) is 0 Å². The van der Waals surface area contributed by atoms with E-state index in [1.807, 2.05) is 0 Å². The summed E-state index contributed by atoms with van der Waals surface area (Å²) in [6, 6.07) is 6.23. The van der Waals surface area contributed by atoms with E-state index in [4.69, 9.17) is 5.73 Å². The lowest BCUT2D eigenvalue weighted by molar-refractivity contribution is 0.0600. The van der Waals surface area contributed by atoms with E-state index >= 15 is 0 Å². The largest absolute Gasteiger partial charge is 0.465 e. The molecule has 20 heavy (non-hydrogen) atoms. The van der Waals surface area contributed by atoms with Gasteiger partial charge in [-0.25, -0.2) is 17.9 Å². The average molecular weight is 300 g/mol. The van der Waals surface area contributed by atoms with Crippen LogP contribution in [0.1, 0.15) is 29.8 Å². The van der Waals surface area contributed by atoms with Gasteiger partial charge in [-0.3, -0.25) is 0 Å². The minimum Gasteiger partial charge on any atom is -0.465 e. The number of ether oxygens (including phenoxy) is 1. The summed E-state index contributed by atoms with van der Waals surface area (Å²) in [4.78, 5) is 11.3. The van der Waals surface area contributed by atoms with Gasteiger partial charge in [0.25, 0.3) is 0 Å². The molecule has 6 nitrogen and oxygen atoms in total. The third-order valence-corrected chi connectivity index (χ3v) is 4.25. The first-order chi connectivity index (χ1) is 9.19. The lowest BCUT2D eigenvalue weighted by Gasteiger charge is -2.23. The summed E-state index contributed by atoms with van der Waals surface area (Å²) in [5.41, 5.74) is 5.77. The molecule has 0 radical (unpaired) electrons. The molecule has 0 aliphatic rings. The SMILES string of the molecule is COC(=O)c1ccc(CS(=O)(=O)NC(C)(C)CN)cc1. The summed E-state index contributed by atoms with van der Waals surface area (Å²) >= 11 is 0. The van der Waals surface area contributed by atoms with Crippen molar-refractivity contribution in [2.24, 2.45) is 5.73 Å². The molecule has 0 bridgehead atoms. The van der Waals surface area contributed by atoms with Crippen LogP contribution in [0.15, 0.2) is 24.3 Å². The smallest absolute Gasteiger partial charge is 0.337 e. The van der Waals surface area contributed by atoms with Crippen LogP contribution < -0.4 is 10.5 Å². The lowest BCUT2D eigenvalue weighted by atomic mass is 10.1. The Morgan fingerprint density at radius 3 is 2.30 bits per heavy atom. The van der Waals surface area contributed by atoms with E-state index in [9.17, 15) is 13.2 Å². The van der Waals surface area contributed by atoms with Crippen molar-refractivity contribution in [3.05, 3.63) is 35.4 Å². The summed E-state index contributed by atoms with van der Waals surface area (Å²) in [5.74, 6) is -0.625. The number of methoxy groups -OCH3 is 1. The molecule has 1 aromatic rings. The molecule has 0 fully saturated rings. The first kappa shape index (κ1) is 16.6. The van der Waals surface area contributed by atoms with Crippen LogP contribution in [-0.4, -0.2) is 33.6 Å². The van der Waals surface area contributed by atoms with Crippen LogP contribution in [0.2, 0.25) is 0 Å². The van der Waals surface area contributed by atoms with Gasteiger partial charge in [-0.2, -0.15) is 0 Å². The maximum absolute atomic E-state index is 12.0. The highest BCUT2D eigenvalue weighted by atomic mass is 32.2. The van der Waals surface area contributed by atoms with Gasteiger partial charge in [0.1, 0.15) is 0 Å². The van der Waals surface area contributed by atoms with E-state index in [0.29, 0.717) is 11.1 Å². The van der Waals surface area contributed by atoms with Crippen molar-refractivity contribution in [1.82, 2.24) is 4.72 Å². The predicted octanol–water partition coefficient (Wildman–Crippen LogP) is 0.630. The maximum Gasteiger partial charge on any atom is 0.337 e. The van der Waals surface area contributed by atoms with Gasteiger partial charge in [-0.05, 0) is 31.5 Å². The number of rotatable bonds is 6. The molecule has 0 aromatic heterocycles. The minimum absolute atomic E-state index is 0.169. The molecule has 0 unspecified atom stereocenters. The van der Waals surface area contributed by atoms with E-state index in [2.05, 4.69) is 9.46 Å². The van der Waals surface area contributed by atoms with Gasteiger partial charge >= 0.3 is 5.97 Å². The molecular weight excluding hydrogens is 280 g/mol. The van der Waals surface area contributed by atoms with Gasteiger partial charge < -0.3 is 10.5 Å². The quantitative estimate of drug-likeness (QED) is 0.751. The van der Waals surface area contributed by atoms with Gasteiger partial charge in [-0.1, -0.05) is 12.1 Å². The first-order valence-corrected chi connectivity index (χ1v) is 7.73. The Balaban J connectivity index is 2.81. The number of esters is 1. The molecule has 0 aliphatic carbocycles. The number of benzene rings is 1. The standard InChI is InChI=1S/C13H20N2O4S/c1-13(2,9-14)15-20(17,18)8-10-4-6-11(7-5-10)12(16)19-3/h4-7,15H,8-9,14H2,1-3H3. The molecule has 112 valence electrons. The molecule has 1 aromatic carbocycles. The normalized spacial score (nSPS) is 12.2. The number of hydrogen-bond acceptors (Lipinski definition) is 5. The molecule has 3 N–H and O–H groups in total. The number of nitrogens with one attached hydrogen (secondary N) is 1. The van der Waals surface area contributed by atoms with Crippen LogP contribution in [-0.2, 0) is 20.5 Å². The number of hydrogen-bond donors (Lipinski definition) is 2. The maximum atomic E-state index is 12.0. The molecule has 1 rings (SSSR count). The Kier molecular flexibility index (Phi) is 5.27. The number of carbonyl (C=O) groups is 1. The number of nitrogens with two attached hydrogens (primary N) is 1. The zero-order chi connectivity index (χ0) is 15.4. The van der Waals surface area contributed by atoms with E-state index < -0.39 is 21.5 Å². The first-order valence-electron chi connectivity index (χ1n) is 6.08. The molecular formula is C13H20N2O4S. The molecule has 0 saturated carbocycles. The van der Waals surface area contributed by atoms with E-state index in [1.165, 1.54) is 19.2 Å². The summed E-state index contributed by atoms with van der Waals surface area (Å²) < 4.78 is 31.1. The van der Waals surface area contributed by atoms with Crippen LogP contribution >= 0.6 is 0 Å². The van der Waals surface area contributed by atoms with Crippen molar-refractivity contribution in [2.75, 3.05) is 13.7 Å². The minimum atomic E-state index is -3.49. The van der Waals surface area contributed by atoms with Crippen LogP contribution in [0.3, 0.4) is 0 Å². The van der Waals surface area contributed by atoms with Crippen molar-refractivity contribution in [2.45, 2.75) is 25.1 Å². The van der Waals surface area contributed by atoms with Crippen LogP contribution in [0.5, 0.6) is 0 Å². The van der Waals surface area contributed by atoms with Crippen molar-refractivity contribution in [3.63, 3.8) is 0 Å². The molecule has 7 heteroatoms. The van der Waals surface area contributed by atoms with Gasteiger partial charge in [0.05, 0.1) is 18.4 Å². The monoisotopic (exact) mass is 300 g/mol. The summed E-state index contributed by atoms with van der Waals surface area (Å²) in [5, 5.41) is 0. The predicted molar refractivity (Wildman–Crippen MR) is 76.7 cm³/mol. The molecule has 0 amide bonds. The fraction of sp³-hybridized carbons (Fsp3) is 0.462. The van der Waals surface area contributed by atoms with Gasteiger partial charge in [0, 0.05) is 12.1 Å². The van der Waals surface area contributed by atoms with Crippen LogP contribution in [0, 0.1) is 0 Å². The Bertz CT molecular complexity index is 565. The zero-order valence-corrected chi connectivity index (χ0v) is 12.7. The van der Waals surface area contributed by atoms with E-state index in [1.54, 1.807) is 26.0 Å². The topological polar surface area (TPSA) is 98.5 Å². The van der Waals surface area contributed by atoms with Crippen molar-refractivity contribution in [1.29, 1.82) is 0 Å². The fourth-order valence-corrected chi connectivity index (χ4v) is 3.20. The summed E-state index contributed by atoms with van der Waals surface area (Å²) in [6.45, 7) is 3.63. The highest BCUT2D eigenvalue weighted by molar-refractivity contribution is 7.88. The molecule has 0 heterocycles. The van der Waals surface area contributed by atoms with Crippen molar-refractivity contribution < 1.29 is 17.9 Å². The molecule has 0 spiro atoms. The highest BCUT2D eigenvalue weighted by Gasteiger charge is 2.23. The van der Waals surface area contributed by atoms with Crippen molar-refractivity contribution >= 4 is 16.0 Å². The number of carbonyl (C=O) groups excluding carboxylic acids is 1. The third kappa shape index (κ3) is 4.92. The third-order valence-electron chi connectivity index (χ3n) is 2.67. The second-order valence-corrected chi connectivity index (χ2v) is 6.86. The highest BCUT2D eigenvalue weighted by Crippen LogP contribution is 2.11. The van der Waals surface area contributed by atoms with Crippen molar-refractivity contribution in [3.8, 4) is 0 Å². The summed E-state index contributed by atoms with van der Waals surface area (Å²) in [6.07, 6.45) is 0. The Morgan fingerprint density at radius 2 is 1.85 bits per heavy atom.